The molecule has 1 aromatic carbocycles. The molecule has 0 aliphatic rings. The highest BCUT2D eigenvalue weighted by atomic mass is 19.1. The van der Waals surface area contributed by atoms with Crippen molar-refractivity contribution in [2.24, 2.45) is 0 Å². The van der Waals surface area contributed by atoms with Crippen LogP contribution in [-0.4, -0.2) is 9.55 Å². The van der Waals surface area contributed by atoms with E-state index in [1.54, 1.807) is 4.57 Å². The van der Waals surface area contributed by atoms with E-state index in [0.717, 1.165) is 6.07 Å². The molecule has 21 heavy (non-hydrogen) atoms. The Morgan fingerprint density at radius 1 is 1.33 bits per heavy atom. The van der Waals surface area contributed by atoms with Gasteiger partial charge in [-0.2, -0.15) is 0 Å². The van der Waals surface area contributed by atoms with E-state index in [9.17, 15) is 8.78 Å². The van der Waals surface area contributed by atoms with E-state index < -0.39 is 11.6 Å². The number of nitrogen functional groups attached to an aromatic ring is 1. The molecular weight excluding hydrogens is 272 g/mol. The molecule has 2 aromatic rings. The molecule has 0 spiro atoms. The van der Waals surface area contributed by atoms with Crippen LogP contribution >= 0.6 is 0 Å². The fourth-order valence-corrected chi connectivity index (χ4v) is 2.17. The molecule has 1 aromatic heterocycles. The van der Waals surface area contributed by atoms with E-state index in [2.05, 4.69) is 10.9 Å². The maximum absolute atomic E-state index is 14.0. The molecule has 110 valence electrons. The van der Waals surface area contributed by atoms with Crippen LogP contribution in [0.2, 0.25) is 0 Å². The third kappa shape index (κ3) is 2.75. The van der Waals surface area contributed by atoms with Crippen LogP contribution < -0.4 is 5.73 Å². The van der Waals surface area contributed by atoms with Crippen LogP contribution in [0.5, 0.6) is 0 Å². The van der Waals surface area contributed by atoms with Gasteiger partial charge in [0.15, 0.2) is 0 Å². The first-order valence-corrected chi connectivity index (χ1v) is 6.51. The number of nitrogens with two attached hydrogens (primary N) is 1. The van der Waals surface area contributed by atoms with Crippen LogP contribution in [0.3, 0.4) is 0 Å². The molecule has 0 unspecified atom stereocenters. The number of imidazole rings is 1. The van der Waals surface area contributed by atoms with E-state index in [1.165, 1.54) is 12.1 Å². The molecule has 0 atom stereocenters. The van der Waals surface area contributed by atoms with Gasteiger partial charge in [-0.05, 0) is 12.1 Å². The van der Waals surface area contributed by atoms with Gasteiger partial charge in [-0.1, -0.05) is 26.7 Å². The summed E-state index contributed by atoms with van der Waals surface area (Å²) in [5.74, 6) is 2.11. The molecule has 0 aliphatic heterocycles. The summed E-state index contributed by atoms with van der Waals surface area (Å²) >= 11 is 0. The van der Waals surface area contributed by atoms with Crippen molar-refractivity contribution in [3.05, 3.63) is 35.7 Å². The van der Waals surface area contributed by atoms with Crippen molar-refractivity contribution in [3.8, 4) is 23.6 Å². The number of hydrogen-bond acceptors (Lipinski definition) is 2. The zero-order valence-electron chi connectivity index (χ0n) is 12.2. The molecular formula is C16H17F2N3. The highest BCUT2D eigenvalue weighted by molar-refractivity contribution is 5.72. The van der Waals surface area contributed by atoms with Crippen LogP contribution in [-0.2, 0) is 12.0 Å². The fraction of sp³-hybridized carbons (Fsp3) is 0.312. The van der Waals surface area contributed by atoms with Gasteiger partial charge in [-0.25, -0.2) is 13.8 Å². The van der Waals surface area contributed by atoms with Gasteiger partial charge in [0.05, 0.1) is 6.54 Å². The van der Waals surface area contributed by atoms with E-state index in [4.69, 9.17) is 12.2 Å². The van der Waals surface area contributed by atoms with E-state index in [0.29, 0.717) is 5.82 Å². The Labute approximate surface area is 122 Å². The largest absolute Gasteiger partial charge is 0.383 e. The summed E-state index contributed by atoms with van der Waals surface area (Å²) in [5, 5.41) is 0. The number of halogens is 2. The second-order valence-electron chi connectivity index (χ2n) is 5.83. The number of benzene rings is 1. The van der Waals surface area contributed by atoms with Gasteiger partial charge >= 0.3 is 0 Å². The average molecular weight is 289 g/mol. The standard InChI is InChI=1S/C16H17F2N3/c1-5-8-21-14(19)13(20-15(21)16(2,3)4)11-7-6-10(17)9-12(11)18/h1,6-7,9H,8,19H2,2-4H3. The smallest absolute Gasteiger partial charge is 0.135 e. The van der Waals surface area contributed by atoms with Gasteiger partial charge in [0, 0.05) is 17.0 Å². The number of anilines is 1. The van der Waals surface area contributed by atoms with Crippen molar-refractivity contribution in [1.29, 1.82) is 0 Å². The minimum Gasteiger partial charge on any atom is -0.383 e. The lowest BCUT2D eigenvalue weighted by atomic mass is 9.95. The molecule has 0 fully saturated rings. The predicted molar refractivity (Wildman–Crippen MR) is 79.5 cm³/mol. The summed E-state index contributed by atoms with van der Waals surface area (Å²) in [4.78, 5) is 4.44. The highest BCUT2D eigenvalue weighted by Crippen LogP contribution is 2.33. The van der Waals surface area contributed by atoms with Crippen LogP contribution in [0.15, 0.2) is 18.2 Å². The first-order chi connectivity index (χ1) is 9.75. The zero-order chi connectivity index (χ0) is 15.8. The number of aromatic nitrogens is 2. The summed E-state index contributed by atoms with van der Waals surface area (Å²) < 4.78 is 28.7. The quantitative estimate of drug-likeness (QED) is 0.862. The van der Waals surface area contributed by atoms with Gasteiger partial charge in [0.1, 0.15) is 29.0 Å². The monoisotopic (exact) mass is 289 g/mol. The molecule has 3 nitrogen and oxygen atoms in total. The van der Waals surface area contributed by atoms with Gasteiger partial charge in [-0.3, -0.25) is 0 Å². The fourth-order valence-electron chi connectivity index (χ4n) is 2.17. The van der Waals surface area contributed by atoms with Gasteiger partial charge in [0.2, 0.25) is 0 Å². The van der Waals surface area contributed by atoms with E-state index >= 15 is 0 Å². The maximum atomic E-state index is 14.0. The molecule has 2 N–H and O–H groups in total. The van der Waals surface area contributed by atoms with Crippen molar-refractivity contribution in [3.63, 3.8) is 0 Å². The summed E-state index contributed by atoms with van der Waals surface area (Å²) in [6.07, 6.45) is 5.36. The minimum absolute atomic E-state index is 0.162. The lowest BCUT2D eigenvalue weighted by molar-refractivity contribution is 0.517. The van der Waals surface area contributed by atoms with Crippen molar-refractivity contribution in [2.45, 2.75) is 32.7 Å². The Morgan fingerprint density at radius 2 is 2.00 bits per heavy atom. The first-order valence-electron chi connectivity index (χ1n) is 6.51. The Kier molecular flexibility index (Phi) is 3.73. The highest BCUT2D eigenvalue weighted by Gasteiger charge is 2.26. The molecule has 0 amide bonds. The van der Waals surface area contributed by atoms with Crippen LogP contribution in [0.4, 0.5) is 14.6 Å². The third-order valence-electron chi connectivity index (χ3n) is 3.11. The van der Waals surface area contributed by atoms with Crippen LogP contribution in [0.25, 0.3) is 11.3 Å². The van der Waals surface area contributed by atoms with Gasteiger partial charge < -0.3 is 10.3 Å². The van der Waals surface area contributed by atoms with Gasteiger partial charge in [0.25, 0.3) is 0 Å². The van der Waals surface area contributed by atoms with Gasteiger partial charge in [-0.15, -0.1) is 6.42 Å². The first kappa shape index (κ1) is 15.0. The maximum Gasteiger partial charge on any atom is 0.135 e. The lowest BCUT2D eigenvalue weighted by Gasteiger charge is -2.18. The van der Waals surface area contributed by atoms with Crippen molar-refractivity contribution in [2.75, 3.05) is 5.73 Å². The lowest BCUT2D eigenvalue weighted by Crippen LogP contribution is -2.19. The Morgan fingerprint density at radius 3 is 2.52 bits per heavy atom. The Balaban J connectivity index is 2.68. The minimum atomic E-state index is -0.701. The number of hydrogen-bond donors (Lipinski definition) is 1. The predicted octanol–water partition coefficient (Wildman–Crippen LogP) is 3.34. The average Bonchev–Trinajstić information content (AvgIpc) is 2.68. The normalized spacial score (nSPS) is 11.4. The molecule has 0 saturated carbocycles. The summed E-state index contributed by atoms with van der Waals surface area (Å²) in [6.45, 7) is 6.14. The molecule has 0 aliphatic carbocycles. The summed E-state index contributed by atoms with van der Waals surface area (Å²) in [5.41, 5.74) is 6.21. The molecule has 0 radical (unpaired) electrons. The Bertz CT molecular complexity index is 718. The Hall–Kier alpha value is -2.35. The topological polar surface area (TPSA) is 43.8 Å². The number of rotatable bonds is 2. The SMILES string of the molecule is C#CCn1c(C(C)(C)C)nc(-c2ccc(F)cc2F)c1N. The van der Waals surface area contributed by atoms with Crippen molar-refractivity contribution in [1.82, 2.24) is 9.55 Å². The van der Waals surface area contributed by atoms with Crippen LogP contribution in [0.1, 0.15) is 26.6 Å². The molecule has 0 bridgehead atoms. The zero-order valence-corrected chi connectivity index (χ0v) is 12.2. The number of terminal acetylenes is 1. The third-order valence-corrected chi connectivity index (χ3v) is 3.11. The second-order valence-corrected chi connectivity index (χ2v) is 5.83. The molecule has 0 saturated heterocycles. The van der Waals surface area contributed by atoms with E-state index in [1.807, 2.05) is 20.8 Å². The summed E-state index contributed by atoms with van der Waals surface area (Å²) in [7, 11) is 0. The number of nitrogens with zero attached hydrogens (tertiary/aromatic N) is 2. The molecule has 1 heterocycles. The van der Waals surface area contributed by atoms with Crippen molar-refractivity contribution < 1.29 is 8.78 Å². The summed E-state index contributed by atoms with van der Waals surface area (Å²) in [6, 6.07) is 3.32. The molecule has 5 heteroatoms. The molecule has 2 rings (SSSR count). The van der Waals surface area contributed by atoms with E-state index in [-0.39, 0.29) is 29.0 Å². The van der Waals surface area contributed by atoms with Crippen molar-refractivity contribution >= 4 is 5.82 Å². The second kappa shape index (κ2) is 5.21. The van der Waals surface area contributed by atoms with Crippen LogP contribution in [0, 0.1) is 24.0 Å².